The molecule has 32 nitrogen and oxygen atoms in total. The van der Waals surface area contributed by atoms with Crippen LogP contribution in [0.25, 0.3) is 0 Å². The molecule has 0 bridgehead atoms. The molecule has 0 unspecified atom stereocenters. The summed E-state index contributed by atoms with van der Waals surface area (Å²) < 4.78 is 288. The highest BCUT2D eigenvalue weighted by atomic mass is 19.4. The summed E-state index contributed by atoms with van der Waals surface area (Å²) in [5.74, 6) is -7.99. The molecule has 8 aromatic rings. The van der Waals surface area contributed by atoms with Gasteiger partial charge in [-0.3, -0.25) is 29.5 Å². The number of anilines is 2. The molecule has 12 rings (SSSR count). The van der Waals surface area contributed by atoms with E-state index in [0.717, 1.165) is 76.2 Å². The molecule has 0 saturated heterocycles. The van der Waals surface area contributed by atoms with Crippen molar-refractivity contribution >= 4 is 59.2 Å². The van der Waals surface area contributed by atoms with Crippen LogP contribution in [0, 0.1) is 82.4 Å². The van der Waals surface area contributed by atoms with Crippen LogP contribution in [0.2, 0.25) is 0 Å². The third-order valence-electron chi connectivity index (χ3n) is 18.2. The highest BCUT2D eigenvalue weighted by Crippen LogP contribution is 2.47. The second-order valence-corrected chi connectivity index (χ2v) is 27.6. The van der Waals surface area contributed by atoms with Crippen LogP contribution in [0.3, 0.4) is 0 Å². The van der Waals surface area contributed by atoms with Gasteiger partial charge in [0.25, 0.3) is 24.1 Å². The third-order valence-corrected chi connectivity index (χ3v) is 18.2. The maximum atomic E-state index is 14.9. The number of amidine groups is 4. The maximum Gasteiger partial charge on any atom is 0.428 e. The Hall–Kier alpha value is -15.3. The number of nitriles is 4. The number of aliphatic imine (C=N–C) groups is 4. The number of hydrogen-bond acceptors (Lipinski definition) is 30. The third kappa shape index (κ3) is 24.7. The number of nitrogen functional groups attached to an aromatic ring is 2. The number of hydrogen-bond donors (Lipinski definition) is 8. The topological polar surface area (TPSA) is 550 Å². The van der Waals surface area contributed by atoms with Crippen molar-refractivity contribution in [1.82, 2.24) is 39.9 Å². The largest absolute Gasteiger partial charge is 0.477 e. The van der Waals surface area contributed by atoms with Gasteiger partial charge in [0.15, 0.2) is 41.9 Å². The SMILES string of the molecule is C.C.C[C@]1(c2nc(CC(=O)c3ccc(C#N)cn3)ccc2F)N=C(N)O[C@H](C(F)(F)F)[C@@H]1F.C[C@]1(c2nc(N)ccc2F)N=C(N)O[C@H](C(F)(F)F)[C@@H]1F.C[C@]1(c2nc(N)ccc2F)N=C(N)O[C@H](C(F)(F)F)[C@@H]1F.Cc1cc(C#N)cnc1C(=O)Cc1ccc(F)c([C@@]2(C)N=C(N)O[C@H](C(F)(F)F)[C@@H]2F)n1.Cc1cc(C#N)cnc1C(=O)O.N#Cc1ccc(C(=O)O)nc1. The van der Waals surface area contributed by atoms with E-state index in [0.29, 0.717) is 22.3 Å². The second-order valence-electron chi connectivity index (χ2n) is 27.6. The number of alkyl halides is 16. The number of aromatic nitrogens is 8. The van der Waals surface area contributed by atoms with Gasteiger partial charge in [-0.25, -0.2) is 84.6 Å². The van der Waals surface area contributed by atoms with Crippen LogP contribution in [0.15, 0.2) is 130 Å². The summed E-state index contributed by atoms with van der Waals surface area (Å²) in [6.07, 6.45) is -39.2. The van der Waals surface area contributed by atoms with Crippen molar-refractivity contribution in [2.24, 2.45) is 42.9 Å². The summed E-state index contributed by atoms with van der Waals surface area (Å²) in [5.41, 5.74) is 21.3. The standard InChI is InChI=1S/C20H16F5N5O2.C19H14F5N5O2.2C11H11F5N4O.C8H6N2O2.C7H4N2O2.2CH4/c1-9-5-10(7-26)8-28-14(9)13(31)6-11-3-4-12(21)16(29-11)19(2)15(22)17(20(23,24)25)32-18(27)30-19;1-18(14(21)16(19(22,23)24)31-17(26)29-18)15-11(20)4-3-10(28-15)6-13(30)12-5-2-9(7-25)8-27-12;2*1-10(7-4(12)2-3-5(17)19-7)6(13)8(11(14,15)16)21-9(18)20-10;1-5-2-6(3-9)4-10-7(5)8(11)12;8-3-5-1-2-6(7(10)11)9-4-5;;/h3-5,8,15,17H,6H2,1-2H3,(H2,27,30);2-5,8,14,16H,6H2,1H3,(H2,26,29);2*2-3,6,8H,1H3,(H2,17,19)(H2,18,20);2,4H,1H3,(H,11,12);1-2,4H,(H,10,11);2*1H4/t15-,17-,19-;14-,16-,18-;2*6-,8-,10-;;;;/m0000..../s1. The van der Waals surface area contributed by atoms with Gasteiger partial charge in [0.1, 0.15) is 121 Å². The fourth-order valence-electron chi connectivity index (χ4n) is 11.9. The van der Waals surface area contributed by atoms with Crippen molar-refractivity contribution in [2.45, 2.75) is 165 Å². The molecule has 0 amide bonds. The summed E-state index contributed by atoms with van der Waals surface area (Å²) >= 11 is 0. The monoisotopic (exact) mass is 1850 g/mol. The van der Waals surface area contributed by atoms with E-state index in [1.165, 1.54) is 61.2 Å². The second kappa shape index (κ2) is 41.4. The van der Waals surface area contributed by atoms with Gasteiger partial charge in [-0.05, 0) is 138 Å². The molecule has 14 N–H and O–H groups in total. The predicted molar refractivity (Wildman–Crippen MR) is 414 cm³/mol. The number of carbonyl (C=O) groups excluding carboxylic acids is 2. The number of aromatic carboxylic acids is 2. The zero-order valence-corrected chi connectivity index (χ0v) is 65.8. The van der Waals surface area contributed by atoms with E-state index in [9.17, 15) is 107 Å². The Bertz CT molecular complexity index is 5730. The average Bonchev–Trinajstić information content (AvgIpc) is 0.752. The number of carboxylic acids is 2. The van der Waals surface area contributed by atoms with E-state index in [1.54, 1.807) is 13.8 Å². The zero-order valence-electron chi connectivity index (χ0n) is 65.8. The van der Waals surface area contributed by atoms with Gasteiger partial charge >= 0.3 is 36.6 Å². The Labute approximate surface area is 721 Å². The zero-order chi connectivity index (χ0) is 96.2. The number of carboxylic acid groups (broad SMARTS) is 2. The number of Topliss-reactive ketones (excluding diaryl/α,β-unsaturated/α-hetero) is 2. The normalized spacial score (nSPS) is 22.4. The Balaban J connectivity index is 0.000000285. The minimum Gasteiger partial charge on any atom is -0.477 e. The minimum absolute atomic E-state index is 0. The summed E-state index contributed by atoms with van der Waals surface area (Å²) in [5, 5.41) is 51.4. The molecule has 0 spiro atoms. The summed E-state index contributed by atoms with van der Waals surface area (Å²) in [4.78, 5) is 89.6. The number of aryl methyl sites for hydroxylation is 2. The molecular formula is C78H70F20N22O10. The molecule has 130 heavy (non-hydrogen) atoms. The van der Waals surface area contributed by atoms with E-state index in [2.05, 4.69) is 78.8 Å². The number of ketones is 2. The molecule has 4 aliphatic heterocycles. The van der Waals surface area contributed by atoms with Gasteiger partial charge in [-0.2, -0.15) is 73.7 Å². The van der Waals surface area contributed by atoms with Gasteiger partial charge in [-0.15, -0.1) is 0 Å². The minimum atomic E-state index is -5.13. The van der Waals surface area contributed by atoms with Crippen molar-refractivity contribution < 1.29 is 136 Å². The first kappa shape index (κ1) is 105. The van der Waals surface area contributed by atoms with Gasteiger partial charge in [-0.1, -0.05) is 14.9 Å². The van der Waals surface area contributed by atoms with E-state index in [4.69, 9.17) is 65.7 Å². The Morgan fingerprint density at radius 1 is 0.385 bits per heavy atom. The number of nitrogens with two attached hydrogens (primary N) is 6. The smallest absolute Gasteiger partial charge is 0.428 e. The Morgan fingerprint density at radius 2 is 0.654 bits per heavy atom. The first-order chi connectivity index (χ1) is 59.3. The molecule has 0 saturated carbocycles. The molecule has 0 aliphatic carbocycles. The van der Waals surface area contributed by atoms with Crippen LogP contribution in [-0.4, -0.2) is 171 Å². The lowest BCUT2D eigenvalue weighted by Gasteiger charge is -2.38. The fourth-order valence-corrected chi connectivity index (χ4v) is 11.9. The van der Waals surface area contributed by atoms with Crippen LogP contribution in [-0.2, 0) is 53.9 Å². The van der Waals surface area contributed by atoms with Gasteiger partial charge in [0.2, 0.25) is 24.4 Å². The Kier molecular flexibility index (Phi) is 33.6. The lowest BCUT2D eigenvalue weighted by atomic mass is 9.87. The number of carbonyl (C=O) groups is 4. The molecule has 692 valence electrons. The first-order valence-corrected chi connectivity index (χ1v) is 35.4. The highest BCUT2D eigenvalue weighted by Gasteiger charge is 2.63. The number of ether oxygens (including phenoxy) is 4. The molecule has 12 atom stereocenters. The Morgan fingerprint density at radius 3 is 0.915 bits per heavy atom. The van der Waals surface area contributed by atoms with E-state index < -0.39 is 202 Å². The van der Waals surface area contributed by atoms with Crippen molar-refractivity contribution in [2.75, 3.05) is 11.5 Å². The molecular weight excluding hydrogens is 1780 g/mol. The molecule has 4 aliphatic rings. The van der Waals surface area contributed by atoms with Gasteiger partial charge in [0.05, 0.1) is 35.1 Å². The number of pyridine rings is 8. The summed E-state index contributed by atoms with van der Waals surface area (Å²) in [6.45, 7) is 6.88. The number of nitrogens with zero attached hydrogens (tertiary/aromatic N) is 16. The van der Waals surface area contributed by atoms with Crippen molar-refractivity contribution in [3.05, 3.63) is 223 Å². The van der Waals surface area contributed by atoms with Gasteiger partial charge in [0, 0.05) is 36.2 Å². The summed E-state index contributed by atoms with van der Waals surface area (Å²) in [7, 11) is 0. The molecule has 52 heteroatoms. The predicted octanol–water partition coefficient (Wildman–Crippen LogP) is 11.9. The van der Waals surface area contributed by atoms with Crippen LogP contribution < -0.4 is 34.4 Å². The molecule has 12 heterocycles. The van der Waals surface area contributed by atoms with Crippen LogP contribution in [0.5, 0.6) is 0 Å². The molecule has 0 radical (unpaired) electrons. The number of halogens is 20. The van der Waals surface area contributed by atoms with E-state index >= 15 is 0 Å². The highest BCUT2D eigenvalue weighted by molar-refractivity contribution is 5.97. The van der Waals surface area contributed by atoms with Crippen LogP contribution in [0.1, 0.15) is 152 Å². The van der Waals surface area contributed by atoms with Gasteiger partial charge < -0.3 is 63.6 Å². The van der Waals surface area contributed by atoms with Crippen molar-refractivity contribution in [3.63, 3.8) is 0 Å². The van der Waals surface area contributed by atoms with E-state index in [-0.39, 0.29) is 71.8 Å². The molecule has 0 fully saturated rings. The lowest BCUT2D eigenvalue weighted by molar-refractivity contribution is -0.228. The summed E-state index contributed by atoms with van der Waals surface area (Å²) in [6, 6.07) is 19.9. The number of rotatable bonds is 12. The lowest BCUT2D eigenvalue weighted by Crippen LogP contribution is -2.55. The molecule has 0 aromatic carbocycles. The maximum absolute atomic E-state index is 14.9. The van der Waals surface area contributed by atoms with Crippen molar-refractivity contribution in [3.8, 4) is 24.3 Å². The van der Waals surface area contributed by atoms with Crippen LogP contribution >= 0.6 is 0 Å². The van der Waals surface area contributed by atoms with Crippen molar-refractivity contribution in [1.29, 1.82) is 21.0 Å². The average molecular weight is 1860 g/mol. The fraction of sp³-hybridized carbons (Fsp3) is 0.333. The van der Waals surface area contributed by atoms with E-state index in [1.807, 2.05) is 24.3 Å². The molecule has 8 aromatic heterocycles. The first-order valence-electron chi connectivity index (χ1n) is 35.4. The van der Waals surface area contributed by atoms with Crippen LogP contribution in [0.4, 0.5) is 99.4 Å². The quantitative estimate of drug-likeness (QED) is 0.0416.